The van der Waals surface area contributed by atoms with Gasteiger partial charge in [0, 0.05) is 37.1 Å². The highest BCUT2D eigenvalue weighted by Gasteiger charge is 2.38. The lowest BCUT2D eigenvalue weighted by atomic mass is 10.0. The number of aryl methyl sites for hydroxylation is 1. The number of carbonyl (C=O) groups excluding carboxylic acids is 2. The monoisotopic (exact) mass is 519 g/mol. The molecule has 0 aliphatic carbocycles. The van der Waals surface area contributed by atoms with Gasteiger partial charge in [0.25, 0.3) is 5.91 Å². The Bertz CT molecular complexity index is 1010. The molecule has 2 amide bonds. The molecule has 0 aliphatic heterocycles. The number of alkyl halides is 6. The summed E-state index contributed by atoms with van der Waals surface area (Å²) in [7, 11) is 1.82. The van der Waals surface area contributed by atoms with Gasteiger partial charge < -0.3 is 14.4 Å². The molecule has 0 N–H and O–H groups in total. The van der Waals surface area contributed by atoms with Crippen molar-refractivity contribution < 1.29 is 35.9 Å². The first-order valence-corrected chi connectivity index (χ1v) is 11.7. The molecule has 1 atom stereocenters. The van der Waals surface area contributed by atoms with Gasteiger partial charge >= 0.3 is 12.4 Å². The van der Waals surface area contributed by atoms with Crippen LogP contribution in [0.25, 0.3) is 0 Å². The second kappa shape index (κ2) is 11.8. The minimum atomic E-state index is -5.08. The average Bonchev–Trinajstić information content (AvgIpc) is 3.21. The highest BCUT2D eigenvalue weighted by Crippen LogP contribution is 2.36. The summed E-state index contributed by atoms with van der Waals surface area (Å²) >= 11 is 0. The number of amides is 2. The summed E-state index contributed by atoms with van der Waals surface area (Å²) in [6.45, 7) is 5.43. The van der Waals surface area contributed by atoms with Crippen LogP contribution in [-0.2, 0) is 30.7 Å². The van der Waals surface area contributed by atoms with Crippen molar-refractivity contribution in [2.24, 2.45) is 7.05 Å². The molecule has 2 rings (SSSR count). The van der Waals surface area contributed by atoms with E-state index in [0.29, 0.717) is 31.5 Å². The Morgan fingerprint density at radius 2 is 1.58 bits per heavy atom. The highest BCUT2D eigenvalue weighted by atomic mass is 19.4. The summed E-state index contributed by atoms with van der Waals surface area (Å²) in [5, 5.41) is 0. The summed E-state index contributed by atoms with van der Waals surface area (Å²) in [5.74, 6) is -1.51. The summed E-state index contributed by atoms with van der Waals surface area (Å²) in [6.07, 6.45) is -6.51. The van der Waals surface area contributed by atoms with Gasteiger partial charge in [0.2, 0.25) is 5.91 Å². The van der Waals surface area contributed by atoms with Crippen molar-refractivity contribution in [3.05, 3.63) is 58.9 Å². The van der Waals surface area contributed by atoms with E-state index in [1.54, 1.807) is 18.7 Å². The Labute approximate surface area is 206 Å². The van der Waals surface area contributed by atoms with Crippen LogP contribution < -0.4 is 0 Å². The molecule has 0 aliphatic rings. The van der Waals surface area contributed by atoms with Crippen molar-refractivity contribution in [2.45, 2.75) is 65.0 Å². The summed E-state index contributed by atoms with van der Waals surface area (Å²) in [6, 6.07) is 3.83. The topological polar surface area (TPSA) is 45.6 Å². The standard InChI is InChI=1S/C25H31F6N3O2/c1-5-7-11-33(15-21-9-8-10-32(21)4)22(35)16-34(17(3)6-2)23(36)18-12-19(24(26,27)28)14-20(13-18)25(29,30)31/h8-10,12-14,17H,5-7,11,15-16H2,1-4H3. The fourth-order valence-corrected chi connectivity index (χ4v) is 3.64. The summed E-state index contributed by atoms with van der Waals surface area (Å²) < 4.78 is 81.7. The largest absolute Gasteiger partial charge is 0.416 e. The molecule has 1 heterocycles. The molecule has 0 fully saturated rings. The van der Waals surface area contributed by atoms with Crippen LogP contribution in [0.3, 0.4) is 0 Å². The molecule has 36 heavy (non-hydrogen) atoms. The van der Waals surface area contributed by atoms with E-state index in [9.17, 15) is 35.9 Å². The molecule has 1 aromatic heterocycles. The maximum atomic E-state index is 13.3. The first-order chi connectivity index (χ1) is 16.7. The van der Waals surface area contributed by atoms with Crippen LogP contribution in [0.2, 0.25) is 0 Å². The zero-order valence-corrected chi connectivity index (χ0v) is 20.7. The highest BCUT2D eigenvalue weighted by molar-refractivity contribution is 5.97. The van der Waals surface area contributed by atoms with Crippen molar-refractivity contribution in [3.8, 4) is 0 Å². The van der Waals surface area contributed by atoms with E-state index in [0.717, 1.165) is 17.0 Å². The Kier molecular flexibility index (Phi) is 9.62. The molecule has 11 heteroatoms. The molecule has 0 saturated carbocycles. The molecule has 1 unspecified atom stereocenters. The molecule has 0 spiro atoms. The number of aromatic nitrogens is 1. The molecular weight excluding hydrogens is 488 g/mol. The van der Waals surface area contributed by atoms with Gasteiger partial charge in [-0.05, 0) is 50.1 Å². The third kappa shape index (κ3) is 7.51. The third-order valence-corrected chi connectivity index (χ3v) is 6.06. The number of nitrogens with zero attached hydrogens (tertiary/aromatic N) is 3. The number of hydrogen-bond acceptors (Lipinski definition) is 2. The first kappa shape index (κ1) is 29.3. The third-order valence-electron chi connectivity index (χ3n) is 6.06. The van der Waals surface area contributed by atoms with Gasteiger partial charge in [0.05, 0.1) is 17.7 Å². The van der Waals surface area contributed by atoms with Crippen molar-refractivity contribution in [2.75, 3.05) is 13.1 Å². The van der Waals surface area contributed by atoms with Crippen LogP contribution in [0.5, 0.6) is 0 Å². The molecule has 5 nitrogen and oxygen atoms in total. The molecule has 200 valence electrons. The SMILES string of the molecule is CCCCN(Cc1cccn1C)C(=O)CN(C(=O)c1cc(C(F)(F)F)cc(C(F)(F)F)c1)C(C)CC. The molecule has 0 radical (unpaired) electrons. The molecule has 0 saturated heterocycles. The average molecular weight is 520 g/mol. The zero-order valence-electron chi connectivity index (χ0n) is 20.7. The van der Waals surface area contributed by atoms with Crippen molar-refractivity contribution in [1.82, 2.24) is 14.4 Å². The number of unbranched alkanes of at least 4 members (excludes halogenated alkanes) is 1. The van der Waals surface area contributed by atoms with Gasteiger partial charge in [0.15, 0.2) is 0 Å². The predicted octanol–water partition coefficient (Wildman–Crippen LogP) is 6.13. The van der Waals surface area contributed by atoms with Crippen molar-refractivity contribution in [1.29, 1.82) is 0 Å². The van der Waals surface area contributed by atoms with Crippen molar-refractivity contribution in [3.63, 3.8) is 0 Å². The zero-order chi connectivity index (χ0) is 27.3. The van der Waals surface area contributed by atoms with Gasteiger partial charge in [-0.15, -0.1) is 0 Å². The number of carbonyl (C=O) groups is 2. The number of rotatable bonds is 10. The predicted molar refractivity (Wildman–Crippen MR) is 123 cm³/mol. The van der Waals surface area contributed by atoms with Crippen LogP contribution in [0.1, 0.15) is 67.2 Å². The lowest BCUT2D eigenvalue weighted by Gasteiger charge is -2.32. The Morgan fingerprint density at radius 3 is 2.03 bits per heavy atom. The van der Waals surface area contributed by atoms with E-state index in [1.165, 1.54) is 0 Å². The van der Waals surface area contributed by atoms with E-state index < -0.39 is 53.4 Å². The summed E-state index contributed by atoms with van der Waals surface area (Å²) in [4.78, 5) is 29.1. The maximum Gasteiger partial charge on any atom is 0.416 e. The number of hydrogen-bond donors (Lipinski definition) is 0. The van der Waals surface area contributed by atoms with Crippen LogP contribution >= 0.6 is 0 Å². The second-order valence-corrected chi connectivity index (χ2v) is 8.76. The Balaban J connectivity index is 2.42. The molecule has 2 aromatic rings. The fourth-order valence-electron chi connectivity index (χ4n) is 3.64. The van der Waals surface area contributed by atoms with E-state index in [-0.39, 0.29) is 12.6 Å². The number of halogens is 6. The lowest BCUT2D eigenvalue weighted by Crippen LogP contribution is -2.46. The first-order valence-electron chi connectivity index (χ1n) is 11.7. The van der Waals surface area contributed by atoms with Gasteiger partial charge in [0.1, 0.15) is 6.54 Å². The molecule has 0 bridgehead atoms. The minimum Gasteiger partial charge on any atom is -0.353 e. The van der Waals surface area contributed by atoms with Crippen LogP contribution in [0.4, 0.5) is 26.3 Å². The van der Waals surface area contributed by atoms with E-state index in [1.807, 2.05) is 36.9 Å². The van der Waals surface area contributed by atoms with Gasteiger partial charge in [-0.1, -0.05) is 20.3 Å². The Morgan fingerprint density at radius 1 is 1.00 bits per heavy atom. The maximum absolute atomic E-state index is 13.3. The van der Waals surface area contributed by atoms with Crippen molar-refractivity contribution >= 4 is 11.8 Å². The quantitative estimate of drug-likeness (QED) is 0.355. The number of benzene rings is 1. The van der Waals surface area contributed by atoms with E-state index in [4.69, 9.17) is 0 Å². The smallest absolute Gasteiger partial charge is 0.353 e. The van der Waals surface area contributed by atoms with Gasteiger partial charge in [-0.3, -0.25) is 9.59 Å². The molecule has 1 aromatic carbocycles. The Hall–Kier alpha value is -2.98. The summed E-state index contributed by atoms with van der Waals surface area (Å²) in [5.41, 5.74) is -3.09. The van der Waals surface area contributed by atoms with Gasteiger partial charge in [-0.25, -0.2) is 0 Å². The van der Waals surface area contributed by atoms with E-state index >= 15 is 0 Å². The fraction of sp³-hybridized carbons (Fsp3) is 0.520. The minimum absolute atomic E-state index is 0.0259. The second-order valence-electron chi connectivity index (χ2n) is 8.76. The van der Waals surface area contributed by atoms with Crippen LogP contribution in [0.15, 0.2) is 36.5 Å². The normalized spacial score (nSPS) is 12.9. The van der Waals surface area contributed by atoms with E-state index in [2.05, 4.69) is 0 Å². The van der Waals surface area contributed by atoms with Crippen LogP contribution in [-0.4, -0.2) is 45.3 Å². The van der Waals surface area contributed by atoms with Gasteiger partial charge in [-0.2, -0.15) is 26.3 Å². The van der Waals surface area contributed by atoms with Crippen LogP contribution in [0, 0.1) is 0 Å². The lowest BCUT2D eigenvalue weighted by molar-refractivity contribution is -0.143. The molecular formula is C25H31F6N3O2.